The SMILES string of the molecule is CCOC(=O)C(=O)CC(=O)C(Br)C(Br)c1ccc(Cl)cc1. The molecule has 7 heteroatoms. The van der Waals surface area contributed by atoms with Crippen LogP contribution in [0.5, 0.6) is 0 Å². The minimum Gasteiger partial charge on any atom is -0.460 e. The Balaban J connectivity index is 2.67. The Morgan fingerprint density at radius 3 is 2.29 bits per heavy atom. The van der Waals surface area contributed by atoms with Crippen LogP contribution in [-0.4, -0.2) is 29.0 Å². The van der Waals surface area contributed by atoms with Crippen molar-refractivity contribution in [3.63, 3.8) is 0 Å². The molecule has 0 amide bonds. The van der Waals surface area contributed by atoms with E-state index < -0.39 is 28.8 Å². The zero-order valence-corrected chi connectivity index (χ0v) is 15.1. The van der Waals surface area contributed by atoms with Crippen LogP contribution in [0.25, 0.3) is 0 Å². The van der Waals surface area contributed by atoms with E-state index in [9.17, 15) is 14.4 Å². The largest absolute Gasteiger partial charge is 0.460 e. The summed E-state index contributed by atoms with van der Waals surface area (Å²) in [7, 11) is 0. The Morgan fingerprint density at radius 2 is 1.76 bits per heavy atom. The lowest BCUT2D eigenvalue weighted by Gasteiger charge is -2.15. The van der Waals surface area contributed by atoms with E-state index in [2.05, 4.69) is 36.6 Å². The van der Waals surface area contributed by atoms with Gasteiger partial charge in [0.2, 0.25) is 5.78 Å². The topological polar surface area (TPSA) is 60.4 Å². The van der Waals surface area contributed by atoms with Crippen LogP contribution in [0.2, 0.25) is 5.02 Å². The molecule has 1 rings (SSSR count). The van der Waals surface area contributed by atoms with Gasteiger partial charge in [-0.1, -0.05) is 55.6 Å². The normalized spacial score (nSPS) is 13.3. The summed E-state index contributed by atoms with van der Waals surface area (Å²) in [6.07, 6.45) is -0.496. The molecule has 0 heterocycles. The molecule has 4 nitrogen and oxygen atoms in total. The first-order chi connectivity index (χ1) is 9.86. The van der Waals surface area contributed by atoms with Gasteiger partial charge in [-0.25, -0.2) is 4.79 Å². The smallest absolute Gasteiger partial charge is 0.375 e. The van der Waals surface area contributed by atoms with Gasteiger partial charge in [0.1, 0.15) is 0 Å². The summed E-state index contributed by atoms with van der Waals surface area (Å²) >= 11 is 12.4. The summed E-state index contributed by atoms with van der Waals surface area (Å²) in [5.74, 6) is -2.23. The first kappa shape index (κ1) is 18.3. The van der Waals surface area contributed by atoms with E-state index in [-0.39, 0.29) is 11.4 Å². The number of carbonyl (C=O) groups excluding carboxylic acids is 3. The predicted octanol–water partition coefficient (Wildman–Crippen LogP) is 3.63. The highest BCUT2D eigenvalue weighted by atomic mass is 79.9. The van der Waals surface area contributed by atoms with Gasteiger partial charge >= 0.3 is 5.97 Å². The second-order valence-corrected chi connectivity index (χ2v) is 6.55. The van der Waals surface area contributed by atoms with Crippen molar-refractivity contribution in [1.29, 1.82) is 0 Å². The van der Waals surface area contributed by atoms with Crippen molar-refractivity contribution in [3.05, 3.63) is 34.9 Å². The molecule has 0 radical (unpaired) electrons. The molecule has 0 aliphatic heterocycles. The molecule has 0 fully saturated rings. The van der Waals surface area contributed by atoms with Crippen molar-refractivity contribution in [2.24, 2.45) is 0 Å². The molecular weight excluding hydrogens is 427 g/mol. The molecule has 21 heavy (non-hydrogen) atoms. The summed E-state index contributed by atoms with van der Waals surface area (Å²) in [6, 6.07) is 6.96. The predicted molar refractivity (Wildman–Crippen MR) is 87.1 cm³/mol. The lowest BCUT2D eigenvalue weighted by atomic mass is 10.0. The molecule has 1 aromatic rings. The third-order valence-corrected chi connectivity index (χ3v) is 5.65. The zero-order chi connectivity index (χ0) is 16.0. The number of hydrogen-bond donors (Lipinski definition) is 0. The molecule has 114 valence electrons. The summed E-state index contributed by atoms with van der Waals surface area (Å²) < 4.78 is 4.56. The lowest BCUT2D eigenvalue weighted by Crippen LogP contribution is -2.26. The van der Waals surface area contributed by atoms with Gasteiger partial charge in [-0.05, 0) is 24.6 Å². The molecular formula is C14H13Br2ClO4. The molecule has 0 N–H and O–H groups in total. The van der Waals surface area contributed by atoms with Crippen LogP contribution < -0.4 is 0 Å². The zero-order valence-electron chi connectivity index (χ0n) is 11.1. The molecule has 0 aromatic heterocycles. The molecule has 0 aliphatic rings. The van der Waals surface area contributed by atoms with E-state index in [1.54, 1.807) is 31.2 Å². The fourth-order valence-electron chi connectivity index (χ4n) is 1.52. The highest BCUT2D eigenvalue weighted by Gasteiger charge is 2.28. The van der Waals surface area contributed by atoms with Crippen molar-refractivity contribution in [2.75, 3.05) is 6.61 Å². The monoisotopic (exact) mass is 438 g/mol. The summed E-state index contributed by atoms with van der Waals surface area (Å²) in [5.41, 5.74) is 0.832. The van der Waals surface area contributed by atoms with Crippen LogP contribution in [-0.2, 0) is 19.1 Å². The molecule has 0 saturated carbocycles. The van der Waals surface area contributed by atoms with E-state index >= 15 is 0 Å². The molecule has 0 spiro atoms. The second-order valence-electron chi connectivity index (χ2n) is 4.14. The first-order valence-corrected chi connectivity index (χ1v) is 8.34. The van der Waals surface area contributed by atoms with Crippen LogP contribution in [0, 0.1) is 0 Å². The number of benzene rings is 1. The van der Waals surface area contributed by atoms with E-state index in [0.29, 0.717) is 5.02 Å². The van der Waals surface area contributed by atoms with Gasteiger partial charge < -0.3 is 4.74 Å². The van der Waals surface area contributed by atoms with Crippen LogP contribution in [0.1, 0.15) is 23.7 Å². The van der Waals surface area contributed by atoms with Crippen molar-refractivity contribution in [1.82, 2.24) is 0 Å². The molecule has 0 aliphatic carbocycles. The van der Waals surface area contributed by atoms with Gasteiger partial charge in [0, 0.05) is 5.02 Å². The van der Waals surface area contributed by atoms with E-state index in [0.717, 1.165) is 5.56 Å². The maximum absolute atomic E-state index is 12.0. The summed E-state index contributed by atoms with van der Waals surface area (Å²) in [5, 5.41) is 0.591. The minimum absolute atomic E-state index is 0.0996. The molecule has 0 saturated heterocycles. The first-order valence-electron chi connectivity index (χ1n) is 6.13. The number of ether oxygens (including phenoxy) is 1. The minimum atomic E-state index is -0.983. The van der Waals surface area contributed by atoms with E-state index in [1.165, 1.54) is 0 Å². The maximum Gasteiger partial charge on any atom is 0.375 e. The maximum atomic E-state index is 12.0. The van der Waals surface area contributed by atoms with E-state index in [4.69, 9.17) is 11.6 Å². The standard InChI is InChI=1S/C14H13Br2ClO4/c1-2-21-14(20)11(19)7-10(18)13(16)12(15)8-3-5-9(17)6-4-8/h3-6,12-13H,2,7H2,1H3. The average molecular weight is 441 g/mol. The van der Waals surface area contributed by atoms with Gasteiger partial charge in [0.05, 0.1) is 22.7 Å². The molecule has 2 atom stereocenters. The van der Waals surface area contributed by atoms with Crippen molar-refractivity contribution in [2.45, 2.75) is 23.0 Å². The van der Waals surface area contributed by atoms with Gasteiger partial charge in [0.25, 0.3) is 0 Å². The Hall–Kier alpha value is -0.720. The number of ketones is 2. The Bertz CT molecular complexity index is 530. The fourth-order valence-corrected chi connectivity index (χ4v) is 2.71. The fraction of sp³-hybridized carbons (Fsp3) is 0.357. The van der Waals surface area contributed by atoms with Gasteiger partial charge in [0.15, 0.2) is 5.78 Å². The van der Waals surface area contributed by atoms with Crippen molar-refractivity contribution in [3.8, 4) is 0 Å². The number of hydrogen-bond acceptors (Lipinski definition) is 4. The Kier molecular flexibility index (Phi) is 7.56. The number of halogens is 3. The highest BCUT2D eigenvalue weighted by molar-refractivity contribution is 9.12. The highest BCUT2D eigenvalue weighted by Crippen LogP contribution is 2.33. The molecule has 2 unspecified atom stereocenters. The number of rotatable bonds is 7. The third kappa shape index (κ3) is 5.52. The van der Waals surface area contributed by atoms with E-state index in [1.807, 2.05) is 0 Å². The van der Waals surface area contributed by atoms with Crippen molar-refractivity contribution < 1.29 is 19.1 Å². The van der Waals surface area contributed by atoms with Gasteiger partial charge in [-0.2, -0.15) is 0 Å². The molecule has 1 aromatic carbocycles. The number of esters is 1. The van der Waals surface area contributed by atoms with Crippen LogP contribution in [0.4, 0.5) is 0 Å². The van der Waals surface area contributed by atoms with Gasteiger partial charge in [-0.15, -0.1) is 0 Å². The number of carbonyl (C=O) groups is 3. The van der Waals surface area contributed by atoms with Crippen LogP contribution >= 0.6 is 43.5 Å². The third-order valence-electron chi connectivity index (χ3n) is 2.59. The quantitative estimate of drug-likeness (QED) is 0.281. The van der Waals surface area contributed by atoms with Crippen molar-refractivity contribution >= 4 is 61.0 Å². The average Bonchev–Trinajstić information content (AvgIpc) is 2.46. The van der Waals surface area contributed by atoms with Crippen LogP contribution in [0.15, 0.2) is 24.3 Å². The second kappa shape index (κ2) is 8.66. The Labute approximate surface area is 144 Å². The summed E-state index contributed by atoms with van der Waals surface area (Å²) in [4.78, 5) is 33.8. The lowest BCUT2D eigenvalue weighted by molar-refractivity contribution is -0.154. The summed E-state index contributed by atoms with van der Waals surface area (Å²) in [6.45, 7) is 1.69. The number of Topliss-reactive ketones (excluding diaryl/α,β-unsaturated/α-hetero) is 2. The number of alkyl halides is 2. The van der Waals surface area contributed by atoms with Crippen LogP contribution in [0.3, 0.4) is 0 Å². The Morgan fingerprint density at radius 1 is 1.19 bits per heavy atom. The van der Waals surface area contributed by atoms with Gasteiger partial charge in [-0.3, -0.25) is 9.59 Å². The molecule has 0 bridgehead atoms.